The largest absolute Gasteiger partial charge is 0.365 e. The Morgan fingerprint density at radius 1 is 1.38 bits per heavy atom. The third-order valence-electron chi connectivity index (χ3n) is 4.85. The molecule has 0 spiro atoms. The fraction of sp³-hybridized carbons (Fsp3) is 0.350. The summed E-state index contributed by atoms with van der Waals surface area (Å²) in [6.07, 6.45) is 1.71. The van der Waals surface area contributed by atoms with Gasteiger partial charge in [-0.05, 0) is 42.0 Å². The van der Waals surface area contributed by atoms with E-state index in [0.29, 0.717) is 39.3 Å². The molecular weight excluding hydrogens is 424 g/mol. The van der Waals surface area contributed by atoms with E-state index in [9.17, 15) is 10.1 Å². The number of aromatic nitrogens is 1. The number of pyridine rings is 1. The van der Waals surface area contributed by atoms with Crippen LogP contribution in [0.1, 0.15) is 16.7 Å². The molecule has 29 heavy (non-hydrogen) atoms. The Hall–Kier alpha value is -2.03. The van der Waals surface area contributed by atoms with Crippen molar-refractivity contribution < 1.29 is 4.92 Å². The normalized spacial score (nSPS) is 15.3. The van der Waals surface area contributed by atoms with Crippen molar-refractivity contribution >= 4 is 38.1 Å². The van der Waals surface area contributed by atoms with Crippen LogP contribution in [0, 0.1) is 24.0 Å². The van der Waals surface area contributed by atoms with Crippen molar-refractivity contribution in [1.82, 2.24) is 15.2 Å². The highest BCUT2D eigenvalue weighted by atomic mass is 35.5. The van der Waals surface area contributed by atoms with Crippen molar-refractivity contribution in [3.8, 4) is 0 Å². The van der Waals surface area contributed by atoms with E-state index in [4.69, 9.17) is 11.6 Å². The van der Waals surface area contributed by atoms with Crippen LogP contribution in [-0.4, -0.2) is 48.5 Å². The summed E-state index contributed by atoms with van der Waals surface area (Å²) in [7, 11) is 0.637. The number of rotatable bonds is 8. The van der Waals surface area contributed by atoms with Gasteiger partial charge < -0.3 is 10.2 Å². The van der Waals surface area contributed by atoms with E-state index < -0.39 is 0 Å². The van der Waals surface area contributed by atoms with Crippen molar-refractivity contribution in [1.29, 1.82) is 0 Å². The maximum atomic E-state index is 11.7. The molecule has 2 radical (unpaired) electrons. The second-order valence-corrected chi connectivity index (χ2v) is 9.94. The van der Waals surface area contributed by atoms with Crippen LogP contribution in [0.3, 0.4) is 0 Å². The molecule has 2 aromatic rings. The second kappa shape index (κ2) is 10.1. The molecule has 152 valence electrons. The quantitative estimate of drug-likeness (QED) is 0.221. The fourth-order valence-electron chi connectivity index (χ4n) is 3.12. The minimum absolute atomic E-state index is 0.236. The first-order chi connectivity index (χ1) is 14.0. The lowest BCUT2D eigenvalue weighted by Gasteiger charge is -2.19. The Morgan fingerprint density at radius 3 is 2.93 bits per heavy atom. The predicted molar refractivity (Wildman–Crippen MR) is 120 cm³/mol. The van der Waals surface area contributed by atoms with E-state index >= 15 is 0 Å². The monoisotopic (exact) mass is 446 g/mol. The van der Waals surface area contributed by atoms with Crippen molar-refractivity contribution in [2.24, 2.45) is 0 Å². The Labute approximate surface area is 182 Å². The summed E-state index contributed by atoms with van der Waals surface area (Å²) < 4.78 is 0. The Balaban J connectivity index is 1.64. The standard InChI is InChI=1S/C20H23ClN4O2SSi/c1-14-4-3-5-18(15(14)2)29-13-28-12-17(25(26)27)20-22-8-9-24(20)11-16-6-7-19(21)23-10-16/h3-7,10,22H,8-9,11-13H2,1-2H3. The van der Waals surface area contributed by atoms with Gasteiger partial charge in [0.05, 0.1) is 20.2 Å². The van der Waals surface area contributed by atoms with Gasteiger partial charge in [-0.1, -0.05) is 41.1 Å². The van der Waals surface area contributed by atoms with Crippen molar-refractivity contribution in [3.63, 3.8) is 0 Å². The number of halogens is 1. The van der Waals surface area contributed by atoms with Gasteiger partial charge >= 0.3 is 0 Å². The van der Waals surface area contributed by atoms with Crippen LogP contribution in [0.5, 0.6) is 0 Å². The minimum atomic E-state index is -0.255. The first kappa shape index (κ1) is 21.7. The molecule has 0 unspecified atom stereocenters. The summed E-state index contributed by atoms with van der Waals surface area (Å²) in [6, 6.07) is 9.97. The maximum absolute atomic E-state index is 11.7. The van der Waals surface area contributed by atoms with Crippen molar-refractivity contribution in [2.45, 2.75) is 20.4 Å². The summed E-state index contributed by atoms with van der Waals surface area (Å²) in [5.74, 6) is 0.996. The lowest BCUT2D eigenvalue weighted by molar-refractivity contribution is -0.425. The summed E-state index contributed by atoms with van der Waals surface area (Å²) >= 11 is 7.46. The minimum Gasteiger partial charge on any atom is -0.365 e. The topological polar surface area (TPSA) is 71.3 Å². The van der Waals surface area contributed by atoms with Gasteiger partial charge in [0.15, 0.2) is 5.82 Å². The smallest absolute Gasteiger partial charge is 0.295 e. The molecule has 0 bridgehead atoms. The van der Waals surface area contributed by atoms with Crippen LogP contribution >= 0.6 is 23.4 Å². The van der Waals surface area contributed by atoms with Crippen LogP contribution in [0.2, 0.25) is 5.15 Å². The van der Waals surface area contributed by atoms with Gasteiger partial charge in [-0.25, -0.2) is 4.98 Å². The van der Waals surface area contributed by atoms with Gasteiger partial charge in [-0.3, -0.25) is 10.1 Å². The first-order valence-corrected chi connectivity index (χ1v) is 12.0. The number of thioether (sulfide) groups is 1. The average Bonchev–Trinajstić information content (AvgIpc) is 3.14. The highest BCUT2D eigenvalue weighted by Gasteiger charge is 2.27. The summed E-state index contributed by atoms with van der Waals surface area (Å²) in [4.78, 5) is 17.6. The fourth-order valence-corrected chi connectivity index (χ4v) is 5.78. The first-order valence-electron chi connectivity index (χ1n) is 9.30. The molecule has 1 aromatic heterocycles. The number of nitrogens with one attached hydrogen (secondary N) is 1. The third kappa shape index (κ3) is 5.74. The summed E-state index contributed by atoms with van der Waals surface area (Å²) in [6.45, 7) is 6.24. The van der Waals surface area contributed by atoms with Gasteiger partial charge in [0, 0.05) is 25.8 Å². The number of aryl methyl sites for hydroxylation is 1. The molecule has 1 saturated heterocycles. The molecule has 1 aromatic carbocycles. The zero-order valence-electron chi connectivity index (χ0n) is 16.4. The molecule has 3 rings (SSSR count). The molecule has 1 fully saturated rings. The molecule has 0 saturated carbocycles. The van der Waals surface area contributed by atoms with E-state index in [1.165, 1.54) is 16.3 Å². The molecule has 0 amide bonds. The number of hydrogen-bond acceptors (Lipinski definition) is 6. The van der Waals surface area contributed by atoms with E-state index in [0.717, 1.165) is 17.5 Å². The molecule has 1 aliphatic heterocycles. The van der Waals surface area contributed by atoms with Gasteiger partial charge in [0.25, 0.3) is 5.70 Å². The Morgan fingerprint density at radius 2 is 2.21 bits per heavy atom. The molecular formula is C20H23ClN4O2SSi. The Bertz CT molecular complexity index is 908. The lowest BCUT2D eigenvalue weighted by atomic mass is 10.1. The zero-order valence-corrected chi connectivity index (χ0v) is 19.0. The van der Waals surface area contributed by atoms with Crippen LogP contribution in [0.15, 0.2) is 48.0 Å². The van der Waals surface area contributed by atoms with Gasteiger partial charge in [-0.2, -0.15) is 11.8 Å². The van der Waals surface area contributed by atoms with Crippen LogP contribution < -0.4 is 10.5 Å². The van der Waals surface area contributed by atoms with Crippen molar-refractivity contribution in [3.05, 3.63) is 80.0 Å². The van der Waals surface area contributed by atoms with Gasteiger partial charge in [0.2, 0.25) is 0 Å². The molecule has 2 heterocycles. The van der Waals surface area contributed by atoms with Crippen LogP contribution in [0.25, 0.3) is 0 Å². The SMILES string of the molecule is Cc1cccc([Si]CSCC(=C2NCCN2Cc2ccc(Cl)nc2)[N+](=O)[O-])c1C. The lowest BCUT2D eigenvalue weighted by Crippen LogP contribution is -2.25. The number of nitro groups is 1. The molecule has 0 aliphatic carbocycles. The van der Waals surface area contributed by atoms with Crippen LogP contribution in [0.4, 0.5) is 0 Å². The third-order valence-corrected chi connectivity index (χ3v) is 7.87. The number of hydrogen-bond donors (Lipinski definition) is 1. The molecule has 1 aliphatic rings. The number of benzene rings is 1. The molecule has 0 atom stereocenters. The maximum Gasteiger partial charge on any atom is 0.295 e. The second-order valence-electron chi connectivity index (χ2n) is 6.81. The highest BCUT2D eigenvalue weighted by molar-refractivity contribution is 8.00. The molecule has 9 heteroatoms. The van der Waals surface area contributed by atoms with Crippen molar-refractivity contribution in [2.75, 3.05) is 24.2 Å². The van der Waals surface area contributed by atoms with E-state index in [2.05, 4.69) is 42.3 Å². The van der Waals surface area contributed by atoms with Crippen LogP contribution in [-0.2, 0) is 6.54 Å². The average molecular weight is 447 g/mol. The van der Waals surface area contributed by atoms with E-state index in [1.807, 2.05) is 11.0 Å². The highest BCUT2D eigenvalue weighted by Crippen LogP contribution is 2.20. The van der Waals surface area contributed by atoms with E-state index in [1.54, 1.807) is 24.0 Å². The van der Waals surface area contributed by atoms with Gasteiger partial charge in [0.1, 0.15) is 5.15 Å². The summed E-state index contributed by atoms with van der Waals surface area (Å²) in [5.41, 5.74) is 3.82. The predicted octanol–water partition coefficient (Wildman–Crippen LogP) is 2.92. The van der Waals surface area contributed by atoms with E-state index in [-0.39, 0.29) is 10.6 Å². The number of nitrogens with zero attached hydrogens (tertiary/aromatic N) is 3. The Kier molecular flexibility index (Phi) is 7.57. The van der Waals surface area contributed by atoms with Gasteiger partial charge in [-0.15, -0.1) is 0 Å². The molecule has 6 nitrogen and oxygen atoms in total. The molecule has 1 N–H and O–H groups in total. The summed E-state index contributed by atoms with van der Waals surface area (Å²) in [5, 5.41) is 17.6. The zero-order chi connectivity index (χ0) is 20.8.